The van der Waals surface area contributed by atoms with Gasteiger partial charge in [0.1, 0.15) is 17.5 Å². The van der Waals surface area contributed by atoms with Gasteiger partial charge >= 0.3 is 0 Å². The van der Waals surface area contributed by atoms with Crippen molar-refractivity contribution in [1.82, 2.24) is 5.32 Å². The van der Waals surface area contributed by atoms with Crippen molar-refractivity contribution in [3.8, 4) is 11.5 Å². The number of hydrogen-bond acceptors (Lipinski definition) is 6. The van der Waals surface area contributed by atoms with Crippen LogP contribution in [-0.4, -0.2) is 31.0 Å². The zero-order chi connectivity index (χ0) is 21.5. The Hall–Kier alpha value is -3.19. The van der Waals surface area contributed by atoms with Crippen LogP contribution in [0, 0.1) is 0 Å². The van der Waals surface area contributed by atoms with Crippen LogP contribution in [0.15, 0.2) is 77.4 Å². The number of amidine groups is 1. The normalized spacial score (nSPS) is 15.7. The Labute approximate surface area is 181 Å². The third-order valence-corrected chi connectivity index (χ3v) is 5.45. The molecule has 2 N–H and O–H groups in total. The van der Waals surface area contributed by atoms with Crippen molar-refractivity contribution in [3.05, 3.63) is 78.0 Å². The minimum absolute atomic E-state index is 0.217. The molecule has 0 spiro atoms. The lowest BCUT2D eigenvalue weighted by molar-refractivity contribution is -0.113. The average Bonchev–Trinajstić information content (AvgIpc) is 2.77. The average molecular weight is 424 g/mol. The van der Waals surface area contributed by atoms with Crippen LogP contribution in [-0.2, 0) is 4.79 Å². The summed E-state index contributed by atoms with van der Waals surface area (Å²) in [5.74, 6) is 1.77. The van der Waals surface area contributed by atoms with Gasteiger partial charge in [-0.1, -0.05) is 36.0 Å². The number of carbonyl (C=O) groups is 1. The van der Waals surface area contributed by atoms with Crippen LogP contribution >= 0.6 is 11.8 Å². The van der Waals surface area contributed by atoms with E-state index in [1.807, 2.05) is 55.5 Å². The Morgan fingerprint density at radius 3 is 2.67 bits per heavy atom. The number of allylic oxidation sites excluding steroid dienone is 1. The Kier molecular flexibility index (Phi) is 7.19. The van der Waals surface area contributed by atoms with Gasteiger partial charge in [-0.2, -0.15) is 0 Å². The number of ether oxygens (including phenoxy) is 2. The summed E-state index contributed by atoms with van der Waals surface area (Å²) in [4.78, 5) is 18.1. The van der Waals surface area contributed by atoms with Gasteiger partial charge in [0.25, 0.3) is 5.91 Å². The second kappa shape index (κ2) is 10.0. The van der Waals surface area contributed by atoms with Crippen LogP contribution in [0.5, 0.6) is 11.5 Å². The molecule has 2 aromatic carbocycles. The van der Waals surface area contributed by atoms with Crippen LogP contribution in [0.2, 0.25) is 0 Å². The maximum atomic E-state index is 13.2. The fraction of sp³-hybridized carbons (Fsp3) is 0.217. The minimum atomic E-state index is -0.525. The number of amides is 1. The molecule has 0 aliphatic carbocycles. The molecule has 0 saturated carbocycles. The molecule has 156 valence electrons. The Bertz CT molecular complexity index is 986. The third kappa shape index (κ3) is 4.86. The molecule has 0 aromatic heterocycles. The highest BCUT2D eigenvalue weighted by molar-refractivity contribution is 8.13. The number of thioether (sulfide) groups is 1. The van der Waals surface area contributed by atoms with Gasteiger partial charge in [-0.25, -0.2) is 4.99 Å². The number of anilines is 1. The molecule has 1 aliphatic rings. The van der Waals surface area contributed by atoms with Gasteiger partial charge in [0.15, 0.2) is 5.17 Å². The Balaban J connectivity index is 2.03. The topological polar surface area (TPSA) is 72.0 Å². The molecule has 7 heteroatoms. The smallest absolute Gasteiger partial charge is 0.255 e. The highest BCUT2D eigenvalue weighted by Gasteiger charge is 2.31. The van der Waals surface area contributed by atoms with E-state index in [-0.39, 0.29) is 5.91 Å². The van der Waals surface area contributed by atoms with E-state index in [1.54, 1.807) is 20.3 Å². The van der Waals surface area contributed by atoms with Crippen LogP contribution in [0.25, 0.3) is 0 Å². The predicted molar refractivity (Wildman–Crippen MR) is 123 cm³/mol. The van der Waals surface area contributed by atoms with Gasteiger partial charge in [-0.3, -0.25) is 4.79 Å². The van der Waals surface area contributed by atoms with Gasteiger partial charge in [0.05, 0.1) is 19.8 Å². The Morgan fingerprint density at radius 1 is 1.23 bits per heavy atom. The molecule has 1 aliphatic heterocycles. The molecule has 0 unspecified atom stereocenters. The summed E-state index contributed by atoms with van der Waals surface area (Å²) in [6.45, 7) is 5.65. The number of aliphatic imine (C=N–C) groups is 1. The molecule has 0 fully saturated rings. The highest BCUT2D eigenvalue weighted by Crippen LogP contribution is 2.39. The number of para-hydroxylation sites is 1. The SMILES string of the molecule is C=CCSC1=N[C@@H](c2ccc(OC)cc2OC)C(C(=O)Nc2ccccc2)=C(C)N1. The van der Waals surface area contributed by atoms with Gasteiger partial charge in [-0.05, 0) is 31.2 Å². The van der Waals surface area contributed by atoms with E-state index >= 15 is 0 Å². The molecule has 1 heterocycles. The number of methoxy groups -OCH3 is 2. The first-order valence-electron chi connectivity index (χ1n) is 9.45. The maximum absolute atomic E-state index is 13.2. The van der Waals surface area contributed by atoms with Crippen LogP contribution in [0.1, 0.15) is 18.5 Å². The summed E-state index contributed by atoms with van der Waals surface area (Å²) in [5.41, 5.74) is 2.78. The largest absolute Gasteiger partial charge is 0.497 e. The lowest BCUT2D eigenvalue weighted by Crippen LogP contribution is -2.32. The molecular weight excluding hydrogens is 398 g/mol. The molecule has 0 saturated heterocycles. The number of nitrogens with one attached hydrogen (secondary N) is 2. The van der Waals surface area contributed by atoms with E-state index in [1.165, 1.54) is 11.8 Å². The fourth-order valence-corrected chi connectivity index (χ4v) is 3.82. The van der Waals surface area contributed by atoms with Gasteiger partial charge in [-0.15, -0.1) is 6.58 Å². The second-order valence-electron chi connectivity index (χ2n) is 6.53. The molecule has 6 nitrogen and oxygen atoms in total. The van der Waals surface area contributed by atoms with Crippen molar-refractivity contribution in [3.63, 3.8) is 0 Å². The van der Waals surface area contributed by atoms with Crippen LogP contribution in [0.4, 0.5) is 5.69 Å². The fourth-order valence-electron chi connectivity index (χ4n) is 3.14. The maximum Gasteiger partial charge on any atom is 0.255 e. The first kappa shape index (κ1) is 21.5. The number of rotatable bonds is 7. The van der Waals surface area contributed by atoms with Gasteiger partial charge < -0.3 is 20.1 Å². The van der Waals surface area contributed by atoms with Crippen molar-refractivity contribution in [2.75, 3.05) is 25.3 Å². The lowest BCUT2D eigenvalue weighted by Gasteiger charge is -2.27. The van der Waals surface area contributed by atoms with Crippen LogP contribution < -0.4 is 20.1 Å². The monoisotopic (exact) mass is 423 g/mol. The molecule has 1 atom stereocenters. The van der Waals surface area contributed by atoms with E-state index in [2.05, 4.69) is 17.2 Å². The van der Waals surface area contributed by atoms with E-state index in [4.69, 9.17) is 14.5 Å². The van der Waals surface area contributed by atoms with Crippen LogP contribution in [0.3, 0.4) is 0 Å². The van der Waals surface area contributed by atoms with E-state index in [9.17, 15) is 4.79 Å². The summed E-state index contributed by atoms with van der Waals surface area (Å²) in [6.07, 6.45) is 1.81. The summed E-state index contributed by atoms with van der Waals surface area (Å²) < 4.78 is 10.9. The van der Waals surface area contributed by atoms with Gasteiger partial charge in [0, 0.05) is 28.8 Å². The number of nitrogens with zero attached hydrogens (tertiary/aromatic N) is 1. The molecule has 2 aromatic rings. The lowest BCUT2D eigenvalue weighted by atomic mass is 9.95. The summed E-state index contributed by atoms with van der Waals surface area (Å²) >= 11 is 1.53. The summed E-state index contributed by atoms with van der Waals surface area (Å²) in [6, 6.07) is 14.4. The third-order valence-electron chi connectivity index (χ3n) is 4.57. The molecule has 1 amide bonds. The summed E-state index contributed by atoms with van der Waals surface area (Å²) in [5, 5.41) is 6.94. The second-order valence-corrected chi connectivity index (χ2v) is 7.54. The first-order chi connectivity index (χ1) is 14.6. The molecule has 3 rings (SSSR count). The van der Waals surface area contributed by atoms with E-state index in [0.717, 1.165) is 22.1 Å². The standard InChI is InChI=1S/C23H25N3O3S/c1-5-13-30-23-24-15(2)20(22(27)25-16-9-7-6-8-10-16)21(26-23)18-12-11-17(28-3)14-19(18)29-4/h5-12,14,21H,1,13H2,2-4H3,(H,24,26)(H,25,27)/t21-/m0/s1. The molecule has 0 bridgehead atoms. The zero-order valence-electron chi connectivity index (χ0n) is 17.3. The Morgan fingerprint density at radius 2 is 2.00 bits per heavy atom. The van der Waals surface area contributed by atoms with Crippen molar-refractivity contribution in [2.24, 2.45) is 4.99 Å². The minimum Gasteiger partial charge on any atom is -0.497 e. The zero-order valence-corrected chi connectivity index (χ0v) is 18.1. The molecular formula is C23H25N3O3S. The van der Waals surface area contributed by atoms with Crippen molar-refractivity contribution in [1.29, 1.82) is 0 Å². The van der Waals surface area contributed by atoms with Crippen molar-refractivity contribution in [2.45, 2.75) is 13.0 Å². The summed E-state index contributed by atoms with van der Waals surface area (Å²) in [7, 11) is 3.20. The predicted octanol–water partition coefficient (Wildman–Crippen LogP) is 4.54. The van der Waals surface area contributed by atoms with Crippen molar-refractivity contribution < 1.29 is 14.3 Å². The molecule has 30 heavy (non-hydrogen) atoms. The number of benzene rings is 2. The molecule has 0 radical (unpaired) electrons. The van der Waals surface area contributed by atoms with Crippen molar-refractivity contribution >= 4 is 28.5 Å². The van der Waals surface area contributed by atoms with Gasteiger partial charge in [0.2, 0.25) is 0 Å². The highest BCUT2D eigenvalue weighted by atomic mass is 32.2. The quantitative estimate of drug-likeness (QED) is 0.640. The number of carbonyl (C=O) groups excluding carboxylic acids is 1. The first-order valence-corrected chi connectivity index (χ1v) is 10.4. The van der Waals surface area contributed by atoms with E-state index < -0.39 is 6.04 Å². The number of hydrogen-bond donors (Lipinski definition) is 2. The van der Waals surface area contributed by atoms with E-state index in [0.29, 0.717) is 22.8 Å².